The Hall–Kier alpha value is -0.920. The molecule has 0 aromatic carbocycles. The molecular weight excluding hydrogens is 288 g/mol. The lowest BCUT2D eigenvalue weighted by molar-refractivity contribution is 0.393. The second-order valence-corrected chi connectivity index (χ2v) is 8.06. The van der Waals surface area contributed by atoms with E-state index in [-0.39, 0.29) is 5.03 Å². The first-order valence-corrected chi connectivity index (χ1v) is 9.31. The van der Waals surface area contributed by atoms with Gasteiger partial charge in [-0.05, 0) is 38.0 Å². The second kappa shape index (κ2) is 6.06. The summed E-state index contributed by atoms with van der Waals surface area (Å²) in [6.45, 7) is 3.80. The predicted molar refractivity (Wildman–Crippen MR) is 80.2 cm³/mol. The van der Waals surface area contributed by atoms with Crippen LogP contribution in [0.4, 0.5) is 0 Å². The summed E-state index contributed by atoms with van der Waals surface area (Å²) in [5, 5.41) is 10.3. The van der Waals surface area contributed by atoms with Crippen molar-refractivity contribution in [3.05, 3.63) is 11.8 Å². The molecule has 1 aromatic rings. The van der Waals surface area contributed by atoms with E-state index in [4.69, 9.17) is 0 Å². The third kappa shape index (κ3) is 3.64. The average Bonchev–Trinajstić information content (AvgIpc) is 3.37. The highest BCUT2D eigenvalue weighted by Crippen LogP contribution is 2.32. The first-order chi connectivity index (χ1) is 10.1. The molecule has 2 aliphatic carbocycles. The van der Waals surface area contributed by atoms with E-state index < -0.39 is 10.0 Å². The molecule has 7 heteroatoms. The van der Waals surface area contributed by atoms with Crippen LogP contribution in [0.2, 0.25) is 0 Å². The van der Waals surface area contributed by atoms with E-state index in [2.05, 4.69) is 15.5 Å². The summed E-state index contributed by atoms with van der Waals surface area (Å²) in [6.07, 6.45) is 7.12. The van der Waals surface area contributed by atoms with Crippen LogP contribution in [0.25, 0.3) is 0 Å². The second-order valence-electron chi connectivity index (χ2n) is 6.19. The molecule has 0 aliphatic heterocycles. The monoisotopic (exact) mass is 312 g/mol. The maximum absolute atomic E-state index is 12.9. The van der Waals surface area contributed by atoms with Gasteiger partial charge in [0.1, 0.15) is 0 Å². The highest BCUT2D eigenvalue weighted by atomic mass is 32.2. The molecule has 2 N–H and O–H groups in total. The summed E-state index contributed by atoms with van der Waals surface area (Å²) < 4.78 is 27.3. The Morgan fingerprint density at radius 3 is 2.76 bits per heavy atom. The quantitative estimate of drug-likeness (QED) is 0.724. The molecule has 0 saturated heterocycles. The highest BCUT2D eigenvalue weighted by molar-refractivity contribution is 7.89. The lowest BCUT2D eigenvalue weighted by atomic mass is 10.3. The Morgan fingerprint density at radius 2 is 2.14 bits per heavy atom. The molecule has 2 saturated carbocycles. The van der Waals surface area contributed by atoms with E-state index in [1.807, 2.05) is 6.92 Å². The van der Waals surface area contributed by atoms with Crippen LogP contribution in [0.3, 0.4) is 0 Å². The molecule has 0 unspecified atom stereocenters. The molecule has 2 aliphatic rings. The van der Waals surface area contributed by atoms with Crippen LogP contribution in [-0.4, -0.2) is 42.1 Å². The Labute approximate surface area is 126 Å². The summed E-state index contributed by atoms with van der Waals surface area (Å²) in [6, 6.07) is 0.550. The molecule has 0 radical (unpaired) electrons. The van der Waals surface area contributed by atoms with Gasteiger partial charge < -0.3 is 5.32 Å². The first kappa shape index (κ1) is 15.0. The maximum atomic E-state index is 12.9. The van der Waals surface area contributed by atoms with Gasteiger partial charge in [-0.15, -0.1) is 0 Å². The third-order valence-electron chi connectivity index (χ3n) is 4.07. The SMILES string of the molecule is CCCN(CC1CC1)S(=O)(=O)c1[nH]ncc1CNC1CC1. The Bertz CT molecular complexity index is 576. The van der Waals surface area contributed by atoms with Gasteiger partial charge in [-0.25, -0.2) is 8.42 Å². The molecule has 6 nitrogen and oxygen atoms in total. The van der Waals surface area contributed by atoms with Gasteiger partial charge in [0.05, 0.1) is 6.20 Å². The van der Waals surface area contributed by atoms with Crippen LogP contribution >= 0.6 is 0 Å². The van der Waals surface area contributed by atoms with Gasteiger partial charge in [0.15, 0.2) is 5.03 Å². The van der Waals surface area contributed by atoms with Crippen molar-refractivity contribution in [3.63, 3.8) is 0 Å². The molecule has 3 rings (SSSR count). The minimum atomic E-state index is -3.46. The fraction of sp³-hybridized carbons (Fsp3) is 0.786. The van der Waals surface area contributed by atoms with E-state index in [1.165, 1.54) is 12.8 Å². The van der Waals surface area contributed by atoms with Crippen LogP contribution in [0, 0.1) is 5.92 Å². The van der Waals surface area contributed by atoms with Gasteiger partial charge in [0.2, 0.25) is 0 Å². The number of H-pyrrole nitrogens is 1. The summed E-state index contributed by atoms with van der Waals surface area (Å²) in [5.41, 5.74) is 0.749. The number of nitrogens with zero attached hydrogens (tertiary/aromatic N) is 2. The van der Waals surface area contributed by atoms with E-state index in [9.17, 15) is 8.42 Å². The van der Waals surface area contributed by atoms with Crippen molar-refractivity contribution < 1.29 is 8.42 Å². The van der Waals surface area contributed by atoms with Gasteiger partial charge in [-0.1, -0.05) is 6.92 Å². The number of rotatable bonds is 9. The van der Waals surface area contributed by atoms with E-state index >= 15 is 0 Å². The molecule has 21 heavy (non-hydrogen) atoms. The Kier molecular flexibility index (Phi) is 4.33. The van der Waals surface area contributed by atoms with Crippen LogP contribution in [0.15, 0.2) is 11.2 Å². The fourth-order valence-electron chi connectivity index (χ4n) is 2.47. The maximum Gasteiger partial charge on any atom is 0.260 e. The molecule has 0 bridgehead atoms. The standard InChI is InChI=1S/C14H24N4O2S/c1-2-7-18(10-11-3-4-11)21(19,20)14-12(9-16-17-14)8-15-13-5-6-13/h9,11,13,15H,2-8,10H2,1H3,(H,16,17). The minimum Gasteiger partial charge on any atom is -0.310 e. The van der Waals surface area contributed by atoms with E-state index in [0.29, 0.717) is 31.6 Å². The summed E-state index contributed by atoms with van der Waals surface area (Å²) in [7, 11) is -3.46. The molecule has 1 aromatic heterocycles. The number of hydrogen-bond donors (Lipinski definition) is 2. The number of nitrogens with one attached hydrogen (secondary N) is 2. The zero-order valence-corrected chi connectivity index (χ0v) is 13.3. The third-order valence-corrected chi connectivity index (χ3v) is 5.95. The smallest absolute Gasteiger partial charge is 0.260 e. The molecule has 0 spiro atoms. The van der Waals surface area contributed by atoms with Crippen molar-refractivity contribution in [2.75, 3.05) is 13.1 Å². The largest absolute Gasteiger partial charge is 0.310 e. The van der Waals surface area contributed by atoms with Crippen LogP contribution in [-0.2, 0) is 16.6 Å². The molecule has 118 valence electrons. The van der Waals surface area contributed by atoms with Gasteiger partial charge >= 0.3 is 0 Å². The Balaban J connectivity index is 1.76. The summed E-state index contributed by atoms with van der Waals surface area (Å²) >= 11 is 0. The van der Waals surface area contributed by atoms with Gasteiger partial charge in [-0.3, -0.25) is 5.10 Å². The number of aromatic amines is 1. The topological polar surface area (TPSA) is 78.1 Å². The van der Waals surface area contributed by atoms with E-state index in [1.54, 1.807) is 10.5 Å². The number of aromatic nitrogens is 2. The van der Waals surface area contributed by atoms with Crippen molar-refractivity contribution in [1.29, 1.82) is 0 Å². The molecule has 0 amide bonds. The van der Waals surface area contributed by atoms with Gasteiger partial charge in [0, 0.05) is 31.2 Å². The number of hydrogen-bond acceptors (Lipinski definition) is 4. The fourth-order valence-corrected chi connectivity index (χ4v) is 4.18. The normalized spacial score (nSPS) is 19.3. The average molecular weight is 312 g/mol. The van der Waals surface area contributed by atoms with Crippen molar-refractivity contribution >= 4 is 10.0 Å². The van der Waals surface area contributed by atoms with Crippen LogP contribution < -0.4 is 5.32 Å². The van der Waals surface area contributed by atoms with Crippen molar-refractivity contribution in [2.24, 2.45) is 5.92 Å². The van der Waals surface area contributed by atoms with Crippen molar-refractivity contribution in [1.82, 2.24) is 19.8 Å². The summed E-state index contributed by atoms with van der Waals surface area (Å²) in [5.74, 6) is 0.544. The van der Waals surface area contributed by atoms with Gasteiger partial charge in [0.25, 0.3) is 10.0 Å². The molecule has 2 fully saturated rings. The lowest BCUT2D eigenvalue weighted by Gasteiger charge is -2.21. The minimum absolute atomic E-state index is 0.268. The first-order valence-electron chi connectivity index (χ1n) is 7.87. The van der Waals surface area contributed by atoms with Crippen molar-refractivity contribution in [3.8, 4) is 0 Å². The zero-order chi connectivity index (χ0) is 14.9. The predicted octanol–water partition coefficient (Wildman–Crippen LogP) is 1.47. The van der Waals surface area contributed by atoms with Gasteiger partial charge in [-0.2, -0.15) is 9.40 Å². The van der Waals surface area contributed by atoms with Crippen LogP contribution in [0.1, 0.15) is 44.6 Å². The molecule has 0 atom stereocenters. The number of sulfonamides is 1. The zero-order valence-electron chi connectivity index (χ0n) is 12.5. The van der Waals surface area contributed by atoms with E-state index in [0.717, 1.165) is 24.8 Å². The van der Waals surface area contributed by atoms with Crippen molar-refractivity contribution in [2.45, 2.75) is 56.6 Å². The Morgan fingerprint density at radius 1 is 1.38 bits per heavy atom. The highest BCUT2D eigenvalue weighted by Gasteiger charge is 2.33. The summed E-state index contributed by atoms with van der Waals surface area (Å²) in [4.78, 5) is 0. The lowest BCUT2D eigenvalue weighted by Crippen LogP contribution is -2.34. The van der Waals surface area contributed by atoms with Crippen LogP contribution in [0.5, 0.6) is 0 Å². The molecular formula is C14H24N4O2S. The molecule has 1 heterocycles.